The van der Waals surface area contributed by atoms with Crippen molar-refractivity contribution >= 4 is 0 Å². The molecule has 60 valence electrons. The molecule has 0 amide bonds. The van der Waals surface area contributed by atoms with Gasteiger partial charge < -0.3 is 4.42 Å². The summed E-state index contributed by atoms with van der Waals surface area (Å²) in [7, 11) is 0. The smallest absolute Gasteiger partial charge is 0.413 e. The molecule has 0 saturated heterocycles. The van der Waals surface area contributed by atoms with E-state index in [-0.39, 0.29) is 5.76 Å². The maximum absolute atomic E-state index is 10.8. The molecule has 1 aliphatic rings. The van der Waals surface area contributed by atoms with Crippen LogP contribution in [0.4, 0.5) is 0 Å². The van der Waals surface area contributed by atoms with E-state index < -0.39 is 0 Å². The summed E-state index contributed by atoms with van der Waals surface area (Å²) in [5.74, 6) is 1.12. The summed E-state index contributed by atoms with van der Waals surface area (Å²) in [6, 6.07) is 0. The van der Waals surface area contributed by atoms with Crippen molar-refractivity contribution in [2.24, 2.45) is 0 Å². The van der Waals surface area contributed by atoms with Gasteiger partial charge in [-0.05, 0) is 12.8 Å². The molecule has 1 fully saturated rings. The fourth-order valence-corrected chi connectivity index (χ4v) is 1.34. The molecule has 1 aliphatic carbocycles. The number of aromatic nitrogens is 1. The van der Waals surface area contributed by atoms with Crippen LogP contribution in [0.25, 0.3) is 0 Å². The Morgan fingerprint density at radius 3 is 2.91 bits per heavy atom. The van der Waals surface area contributed by atoms with Gasteiger partial charge in [0.2, 0.25) is 0 Å². The van der Waals surface area contributed by atoms with Crippen LogP contribution in [0, 0.1) is 0 Å². The molecule has 0 radical (unpaired) electrons. The van der Waals surface area contributed by atoms with E-state index in [9.17, 15) is 4.79 Å². The maximum atomic E-state index is 10.8. The Labute approximate surface area is 64.4 Å². The molecule has 0 atom stereocenters. The van der Waals surface area contributed by atoms with Crippen molar-refractivity contribution in [3.05, 3.63) is 22.0 Å². The Bertz CT molecular complexity index is 306. The van der Waals surface area contributed by atoms with Gasteiger partial charge in [-0.3, -0.25) is 4.98 Å². The number of nitrogens with one attached hydrogen (secondary N) is 1. The zero-order chi connectivity index (χ0) is 7.84. The van der Waals surface area contributed by atoms with Crippen LogP contribution in [0.1, 0.15) is 37.1 Å². The molecule has 3 heteroatoms. The largest absolute Gasteiger partial charge is 0.416 e. The minimum Gasteiger partial charge on any atom is -0.413 e. The van der Waals surface area contributed by atoms with E-state index >= 15 is 0 Å². The normalized spacial score (nSPS) is 17.2. The highest BCUT2D eigenvalue weighted by Gasteiger charge is 2.28. The Kier molecular flexibility index (Phi) is 1.37. The second-order valence-corrected chi connectivity index (χ2v) is 2.98. The number of aromatic amines is 1. The Hall–Kier alpha value is -0.990. The van der Waals surface area contributed by atoms with Crippen molar-refractivity contribution in [1.29, 1.82) is 0 Å². The highest BCUT2D eigenvalue weighted by molar-refractivity contribution is 5.17. The quantitative estimate of drug-likeness (QED) is 0.698. The Morgan fingerprint density at radius 1 is 1.64 bits per heavy atom. The molecule has 1 aromatic heterocycles. The van der Waals surface area contributed by atoms with E-state index in [0.717, 1.165) is 17.9 Å². The van der Waals surface area contributed by atoms with Gasteiger partial charge >= 0.3 is 5.76 Å². The van der Waals surface area contributed by atoms with Gasteiger partial charge in [0.1, 0.15) is 5.76 Å². The fraction of sp³-hybridized carbons (Fsp3) is 0.625. The van der Waals surface area contributed by atoms with Crippen LogP contribution in [0.2, 0.25) is 0 Å². The van der Waals surface area contributed by atoms with E-state index in [2.05, 4.69) is 4.98 Å². The van der Waals surface area contributed by atoms with E-state index in [0.29, 0.717) is 5.92 Å². The maximum Gasteiger partial charge on any atom is 0.416 e. The molecule has 0 unspecified atom stereocenters. The summed E-state index contributed by atoms with van der Waals surface area (Å²) in [5, 5.41) is 0. The summed E-state index contributed by atoms with van der Waals surface area (Å²) in [5.41, 5.74) is 1.04. The van der Waals surface area contributed by atoms with Gasteiger partial charge in [0.15, 0.2) is 0 Å². The summed E-state index contributed by atoms with van der Waals surface area (Å²) in [6.45, 7) is 2.00. The van der Waals surface area contributed by atoms with Crippen molar-refractivity contribution in [3.63, 3.8) is 0 Å². The lowest BCUT2D eigenvalue weighted by molar-refractivity contribution is 0.472. The lowest BCUT2D eigenvalue weighted by Crippen LogP contribution is -1.95. The zero-order valence-corrected chi connectivity index (χ0v) is 6.52. The highest BCUT2D eigenvalue weighted by atomic mass is 16.4. The number of hydrogen-bond donors (Lipinski definition) is 1. The predicted octanol–water partition coefficient (Wildman–Crippen LogP) is 1.41. The van der Waals surface area contributed by atoms with Gasteiger partial charge in [0.25, 0.3) is 0 Å². The summed E-state index contributed by atoms with van der Waals surface area (Å²) < 4.78 is 4.95. The van der Waals surface area contributed by atoms with Gasteiger partial charge in [-0.2, -0.15) is 0 Å². The van der Waals surface area contributed by atoms with Gasteiger partial charge in [-0.15, -0.1) is 0 Å². The Morgan fingerprint density at radius 2 is 2.36 bits per heavy atom. The zero-order valence-electron chi connectivity index (χ0n) is 6.52. The monoisotopic (exact) mass is 153 g/mol. The van der Waals surface area contributed by atoms with Crippen LogP contribution in [0.3, 0.4) is 0 Å². The summed E-state index contributed by atoms with van der Waals surface area (Å²) in [4.78, 5) is 13.5. The van der Waals surface area contributed by atoms with E-state index in [1.807, 2.05) is 6.92 Å². The first-order valence-electron chi connectivity index (χ1n) is 4.03. The minimum atomic E-state index is -0.302. The molecule has 1 N–H and O–H groups in total. The molecule has 2 rings (SSSR count). The first-order chi connectivity index (χ1) is 5.31. The van der Waals surface area contributed by atoms with E-state index in [4.69, 9.17) is 4.42 Å². The molecule has 0 bridgehead atoms. The van der Waals surface area contributed by atoms with E-state index in [1.165, 1.54) is 12.8 Å². The van der Waals surface area contributed by atoms with Crippen LogP contribution in [0.15, 0.2) is 9.21 Å². The average Bonchev–Trinajstić information content (AvgIpc) is 2.75. The van der Waals surface area contributed by atoms with Crippen LogP contribution in [-0.2, 0) is 6.42 Å². The lowest BCUT2D eigenvalue weighted by Gasteiger charge is -1.92. The van der Waals surface area contributed by atoms with Gasteiger partial charge in [-0.1, -0.05) is 6.92 Å². The lowest BCUT2D eigenvalue weighted by atomic mass is 10.2. The molecule has 1 heterocycles. The van der Waals surface area contributed by atoms with Crippen molar-refractivity contribution in [2.45, 2.75) is 32.1 Å². The predicted molar refractivity (Wildman–Crippen MR) is 40.7 cm³/mol. The van der Waals surface area contributed by atoms with Crippen molar-refractivity contribution < 1.29 is 4.42 Å². The first-order valence-corrected chi connectivity index (χ1v) is 4.03. The topological polar surface area (TPSA) is 46.0 Å². The fourth-order valence-electron chi connectivity index (χ4n) is 1.34. The summed E-state index contributed by atoms with van der Waals surface area (Å²) >= 11 is 0. The molecule has 1 saturated carbocycles. The van der Waals surface area contributed by atoms with Crippen molar-refractivity contribution in [3.8, 4) is 0 Å². The van der Waals surface area contributed by atoms with Gasteiger partial charge in [0, 0.05) is 12.3 Å². The van der Waals surface area contributed by atoms with Crippen LogP contribution < -0.4 is 5.76 Å². The highest BCUT2D eigenvalue weighted by Crippen LogP contribution is 2.40. The molecular formula is C8H11NO2. The second-order valence-electron chi connectivity index (χ2n) is 2.98. The van der Waals surface area contributed by atoms with Gasteiger partial charge in [-0.25, -0.2) is 4.79 Å². The molecule has 0 aliphatic heterocycles. The third kappa shape index (κ3) is 1.11. The number of aryl methyl sites for hydroxylation is 1. The summed E-state index contributed by atoms with van der Waals surface area (Å²) in [6.07, 6.45) is 3.20. The Balaban J connectivity index is 2.42. The molecule has 11 heavy (non-hydrogen) atoms. The number of hydrogen-bond acceptors (Lipinski definition) is 2. The van der Waals surface area contributed by atoms with Crippen molar-refractivity contribution in [2.75, 3.05) is 0 Å². The molecule has 1 aromatic rings. The first kappa shape index (κ1) is 6.70. The third-order valence-corrected chi connectivity index (χ3v) is 2.06. The average molecular weight is 153 g/mol. The molecular weight excluding hydrogens is 142 g/mol. The third-order valence-electron chi connectivity index (χ3n) is 2.06. The standard InChI is InChI=1S/C8H11NO2/c1-2-6-7(5-3-4-5)9-8(10)11-6/h5H,2-4H2,1H3,(H,9,10). The molecule has 3 nitrogen and oxygen atoms in total. The number of oxazole rings is 1. The van der Waals surface area contributed by atoms with Crippen molar-refractivity contribution in [1.82, 2.24) is 4.98 Å². The van der Waals surface area contributed by atoms with Crippen LogP contribution >= 0.6 is 0 Å². The molecule has 0 aromatic carbocycles. The van der Waals surface area contributed by atoms with E-state index in [1.54, 1.807) is 0 Å². The van der Waals surface area contributed by atoms with Crippen LogP contribution in [0.5, 0.6) is 0 Å². The molecule has 0 spiro atoms. The number of H-pyrrole nitrogens is 1. The SMILES string of the molecule is CCc1oc(=O)[nH]c1C1CC1. The van der Waals surface area contributed by atoms with Crippen LogP contribution in [-0.4, -0.2) is 4.98 Å². The minimum absolute atomic E-state index is 0.302. The van der Waals surface area contributed by atoms with Gasteiger partial charge in [0.05, 0.1) is 5.69 Å². The number of rotatable bonds is 2. The second kappa shape index (κ2) is 2.26.